The second-order valence-corrected chi connectivity index (χ2v) is 10.5. The third kappa shape index (κ3) is 4.83. The predicted octanol–water partition coefficient (Wildman–Crippen LogP) is 3.60. The zero-order valence-corrected chi connectivity index (χ0v) is 18.4. The fourth-order valence-corrected chi connectivity index (χ4v) is 5.24. The lowest BCUT2D eigenvalue weighted by Gasteiger charge is -2.33. The van der Waals surface area contributed by atoms with E-state index in [-0.39, 0.29) is 18.2 Å². The zero-order valence-electron chi connectivity index (χ0n) is 17.6. The summed E-state index contributed by atoms with van der Waals surface area (Å²) in [4.78, 5) is 14.1. The van der Waals surface area contributed by atoms with Crippen LogP contribution < -0.4 is 4.72 Å². The molecule has 2 aliphatic rings. The monoisotopic (exact) mass is 466 g/mol. The summed E-state index contributed by atoms with van der Waals surface area (Å²) in [6.07, 6.45) is 3.08. The second kappa shape index (κ2) is 8.51. The zero-order chi connectivity index (χ0) is 23.1. The summed E-state index contributed by atoms with van der Waals surface area (Å²) in [5.41, 5.74) is 1.99. The molecular weight excluding hydrogens is 441 g/mol. The number of carbonyl (C=O) groups excluding carboxylic acids is 1. The highest BCUT2D eigenvalue weighted by Gasteiger charge is 2.57. The van der Waals surface area contributed by atoms with Crippen molar-refractivity contribution in [1.82, 2.24) is 9.62 Å². The summed E-state index contributed by atoms with van der Waals surface area (Å²) in [6.45, 7) is -0.816. The number of alkyl halides is 2. The number of nitrogens with zero attached hydrogens (tertiary/aromatic N) is 1. The highest BCUT2D eigenvalue weighted by Crippen LogP contribution is 2.38. The maximum absolute atomic E-state index is 14.9. The predicted molar refractivity (Wildman–Crippen MR) is 115 cm³/mol. The molecule has 1 saturated carbocycles. The van der Waals surface area contributed by atoms with Crippen molar-refractivity contribution in [2.45, 2.75) is 43.7 Å². The molecular formula is C23H25F3N2O3S. The first-order chi connectivity index (χ1) is 15.0. The molecule has 2 aromatic rings. The minimum atomic E-state index is -3.93. The van der Waals surface area contributed by atoms with Gasteiger partial charge in [-0.2, -0.15) is 0 Å². The Morgan fingerprint density at radius 1 is 1.12 bits per heavy atom. The van der Waals surface area contributed by atoms with Gasteiger partial charge in [0.2, 0.25) is 15.9 Å². The Kier molecular flexibility index (Phi) is 6.06. The molecule has 0 aromatic heterocycles. The van der Waals surface area contributed by atoms with Gasteiger partial charge in [0.15, 0.2) is 0 Å². The van der Waals surface area contributed by atoms with Crippen LogP contribution in [0.25, 0.3) is 11.1 Å². The Hall–Kier alpha value is -2.39. The smallest absolute Gasteiger partial charge is 0.283 e. The average molecular weight is 467 g/mol. The van der Waals surface area contributed by atoms with Crippen molar-refractivity contribution in [3.8, 4) is 11.1 Å². The number of carbonyl (C=O) groups is 1. The largest absolute Gasteiger partial charge is 0.331 e. The van der Waals surface area contributed by atoms with Crippen LogP contribution in [0.4, 0.5) is 13.2 Å². The van der Waals surface area contributed by atoms with Crippen LogP contribution in [0, 0.1) is 11.7 Å². The SMILES string of the molecule is CS(=O)(=O)N[C@@H]1[C@H](Cc2cccc(-c3cccc(F)c3)c2)N(C(=O)C2CCC2)CC1(F)F. The summed E-state index contributed by atoms with van der Waals surface area (Å²) in [5, 5.41) is 0. The number of likely N-dealkylation sites (tertiary alicyclic amines) is 1. The van der Waals surface area contributed by atoms with E-state index in [4.69, 9.17) is 0 Å². The lowest BCUT2D eigenvalue weighted by atomic mass is 9.84. The van der Waals surface area contributed by atoms with Gasteiger partial charge in [-0.15, -0.1) is 0 Å². The van der Waals surface area contributed by atoms with E-state index in [0.29, 0.717) is 29.5 Å². The molecule has 2 atom stereocenters. The normalized spacial score (nSPS) is 23.2. The van der Waals surface area contributed by atoms with Crippen LogP contribution in [-0.2, 0) is 21.2 Å². The van der Waals surface area contributed by atoms with E-state index in [2.05, 4.69) is 4.72 Å². The van der Waals surface area contributed by atoms with E-state index in [1.54, 1.807) is 36.4 Å². The molecule has 172 valence electrons. The molecule has 0 radical (unpaired) electrons. The lowest BCUT2D eigenvalue weighted by molar-refractivity contribution is -0.140. The van der Waals surface area contributed by atoms with Crippen molar-refractivity contribution in [3.63, 3.8) is 0 Å². The first kappa shape index (κ1) is 22.8. The molecule has 1 saturated heterocycles. The van der Waals surface area contributed by atoms with Gasteiger partial charge in [-0.3, -0.25) is 4.79 Å². The van der Waals surface area contributed by atoms with Crippen molar-refractivity contribution >= 4 is 15.9 Å². The molecule has 32 heavy (non-hydrogen) atoms. The molecule has 9 heteroatoms. The number of benzene rings is 2. The summed E-state index contributed by atoms with van der Waals surface area (Å²) < 4.78 is 69.2. The fraction of sp³-hybridized carbons (Fsp3) is 0.435. The molecule has 1 aliphatic carbocycles. The molecule has 0 unspecified atom stereocenters. The standard InChI is InChI=1S/C23H25F3N2O3S/c1-32(30,31)27-21-20(28(14-23(21,25)26)22(29)16-6-3-7-16)12-15-5-2-8-17(11-15)18-9-4-10-19(24)13-18/h2,4-5,8-11,13,16,20-21,27H,3,6-7,12,14H2,1H3/t20-,21+/m0/s1. The number of rotatable bonds is 6. The van der Waals surface area contributed by atoms with E-state index in [9.17, 15) is 26.4 Å². The van der Waals surface area contributed by atoms with Gasteiger partial charge in [0, 0.05) is 5.92 Å². The molecule has 1 N–H and O–H groups in total. The Labute approximate surface area is 185 Å². The topological polar surface area (TPSA) is 66.5 Å². The maximum Gasteiger partial charge on any atom is 0.283 e. The number of hydrogen-bond acceptors (Lipinski definition) is 3. The Bertz CT molecular complexity index is 1120. The number of nitrogens with one attached hydrogen (secondary N) is 1. The molecule has 2 aromatic carbocycles. The molecule has 1 amide bonds. The number of halogens is 3. The first-order valence-corrected chi connectivity index (χ1v) is 12.4. The third-order valence-corrected chi connectivity index (χ3v) is 6.91. The van der Waals surface area contributed by atoms with Gasteiger partial charge >= 0.3 is 0 Å². The Morgan fingerprint density at radius 2 is 1.78 bits per heavy atom. The molecule has 0 spiro atoms. The highest BCUT2D eigenvalue weighted by molar-refractivity contribution is 7.88. The van der Waals surface area contributed by atoms with Gasteiger partial charge in [0.1, 0.15) is 11.9 Å². The van der Waals surface area contributed by atoms with Crippen LogP contribution in [0.3, 0.4) is 0 Å². The van der Waals surface area contributed by atoms with Crippen molar-refractivity contribution in [1.29, 1.82) is 0 Å². The van der Waals surface area contributed by atoms with Crippen molar-refractivity contribution in [2.24, 2.45) is 5.92 Å². The summed E-state index contributed by atoms with van der Waals surface area (Å²) in [5.74, 6) is -4.42. The summed E-state index contributed by atoms with van der Waals surface area (Å²) in [7, 11) is -3.93. The molecule has 2 fully saturated rings. The number of hydrogen-bond donors (Lipinski definition) is 1. The van der Waals surface area contributed by atoms with Gasteiger partial charge in [-0.1, -0.05) is 42.8 Å². The number of sulfonamides is 1. The van der Waals surface area contributed by atoms with Crippen molar-refractivity contribution in [3.05, 3.63) is 59.9 Å². The minimum Gasteiger partial charge on any atom is -0.331 e. The first-order valence-electron chi connectivity index (χ1n) is 10.5. The van der Waals surface area contributed by atoms with Crippen molar-refractivity contribution < 1.29 is 26.4 Å². The van der Waals surface area contributed by atoms with E-state index < -0.39 is 40.4 Å². The molecule has 1 heterocycles. The Morgan fingerprint density at radius 3 is 2.38 bits per heavy atom. The quantitative estimate of drug-likeness (QED) is 0.708. The molecule has 4 rings (SSSR count). The van der Waals surface area contributed by atoms with Crippen LogP contribution in [0.1, 0.15) is 24.8 Å². The average Bonchev–Trinajstić information content (AvgIpc) is 2.90. The van der Waals surface area contributed by atoms with Gasteiger partial charge in [-0.25, -0.2) is 26.3 Å². The number of amides is 1. The van der Waals surface area contributed by atoms with Crippen LogP contribution in [0.2, 0.25) is 0 Å². The van der Waals surface area contributed by atoms with Gasteiger partial charge in [0.05, 0.1) is 18.8 Å². The van der Waals surface area contributed by atoms with Gasteiger partial charge in [0.25, 0.3) is 5.92 Å². The van der Waals surface area contributed by atoms with Crippen molar-refractivity contribution in [2.75, 3.05) is 12.8 Å². The van der Waals surface area contributed by atoms with E-state index >= 15 is 0 Å². The van der Waals surface area contributed by atoms with Gasteiger partial charge < -0.3 is 4.90 Å². The van der Waals surface area contributed by atoms with Crippen LogP contribution in [-0.4, -0.2) is 50.0 Å². The maximum atomic E-state index is 14.9. The molecule has 1 aliphatic heterocycles. The highest BCUT2D eigenvalue weighted by atomic mass is 32.2. The summed E-state index contributed by atoms with van der Waals surface area (Å²) in [6, 6.07) is 10.3. The Balaban J connectivity index is 1.67. The second-order valence-electron chi connectivity index (χ2n) is 8.70. The van der Waals surface area contributed by atoms with Crippen LogP contribution >= 0.6 is 0 Å². The fourth-order valence-electron chi connectivity index (χ4n) is 4.45. The van der Waals surface area contributed by atoms with Crippen LogP contribution in [0.15, 0.2) is 48.5 Å². The molecule has 5 nitrogen and oxygen atoms in total. The summed E-state index contributed by atoms with van der Waals surface area (Å²) >= 11 is 0. The van der Waals surface area contributed by atoms with Crippen LogP contribution in [0.5, 0.6) is 0 Å². The lowest BCUT2D eigenvalue weighted by Crippen LogP contribution is -2.52. The third-order valence-electron chi connectivity index (χ3n) is 6.23. The van der Waals surface area contributed by atoms with Gasteiger partial charge in [-0.05, 0) is 48.1 Å². The van der Waals surface area contributed by atoms with E-state index in [1.807, 2.05) is 0 Å². The van der Waals surface area contributed by atoms with E-state index in [0.717, 1.165) is 17.6 Å². The molecule has 0 bridgehead atoms. The minimum absolute atomic E-state index is 0.0460. The van der Waals surface area contributed by atoms with E-state index in [1.165, 1.54) is 12.1 Å².